The van der Waals surface area contributed by atoms with E-state index in [1.165, 1.54) is 9.60 Å². The van der Waals surface area contributed by atoms with E-state index in [4.69, 9.17) is 9.47 Å². The van der Waals surface area contributed by atoms with E-state index in [2.05, 4.69) is 11.1 Å². The quantitative estimate of drug-likeness (QED) is 0.599. The summed E-state index contributed by atoms with van der Waals surface area (Å²) in [7, 11) is 1.66. The van der Waals surface area contributed by atoms with Crippen LogP contribution in [-0.2, 0) is 11.2 Å². The van der Waals surface area contributed by atoms with Gasteiger partial charge >= 0.3 is 0 Å². The summed E-state index contributed by atoms with van der Waals surface area (Å²) in [4.78, 5) is 20.7. The standard InChI is InChI=1S/C23H27N3O3S/c1-28-18-6-8-19(9-7-18)29-17-16-25-12-14-26(15-13-25)23(27)11-10-22-24-20-4-2-3-5-21(20)30-22/h2-9H,10-17H2,1H3/p+1. The molecule has 0 unspecified atom stereocenters. The maximum Gasteiger partial charge on any atom is 0.223 e. The van der Waals surface area contributed by atoms with Crippen LogP contribution < -0.4 is 14.4 Å². The molecule has 1 amide bonds. The predicted molar refractivity (Wildman–Crippen MR) is 119 cm³/mol. The molecule has 4 rings (SSSR count). The molecule has 1 fully saturated rings. The second-order valence-electron chi connectivity index (χ2n) is 7.48. The number of para-hydroxylation sites is 1. The molecule has 0 radical (unpaired) electrons. The molecule has 1 saturated heterocycles. The maximum absolute atomic E-state index is 12.6. The van der Waals surface area contributed by atoms with Crippen molar-refractivity contribution in [3.05, 3.63) is 53.5 Å². The van der Waals surface area contributed by atoms with Gasteiger partial charge in [0.05, 0.1) is 48.5 Å². The van der Waals surface area contributed by atoms with Crippen LogP contribution in [0.5, 0.6) is 11.5 Å². The fourth-order valence-corrected chi connectivity index (χ4v) is 4.67. The second kappa shape index (κ2) is 9.91. The first-order valence-corrected chi connectivity index (χ1v) is 11.3. The van der Waals surface area contributed by atoms with Crippen molar-refractivity contribution >= 4 is 27.5 Å². The van der Waals surface area contributed by atoms with Crippen LogP contribution in [0.3, 0.4) is 0 Å². The van der Waals surface area contributed by atoms with Crippen molar-refractivity contribution < 1.29 is 19.2 Å². The Bertz CT molecular complexity index is 932. The molecule has 1 aromatic heterocycles. The van der Waals surface area contributed by atoms with E-state index in [0.29, 0.717) is 13.0 Å². The number of thiazole rings is 1. The van der Waals surface area contributed by atoms with E-state index in [1.807, 2.05) is 47.4 Å². The highest BCUT2D eigenvalue weighted by atomic mass is 32.1. The third-order valence-corrected chi connectivity index (χ3v) is 6.59. The van der Waals surface area contributed by atoms with Gasteiger partial charge in [0, 0.05) is 12.8 Å². The Hall–Kier alpha value is -2.64. The average molecular weight is 427 g/mol. The Balaban J connectivity index is 1.16. The summed E-state index contributed by atoms with van der Waals surface area (Å²) in [5.41, 5.74) is 1.03. The Morgan fingerprint density at radius 1 is 1.10 bits per heavy atom. The monoisotopic (exact) mass is 426 g/mol. The van der Waals surface area contributed by atoms with Crippen molar-refractivity contribution in [1.82, 2.24) is 9.88 Å². The smallest absolute Gasteiger partial charge is 0.223 e. The van der Waals surface area contributed by atoms with Gasteiger partial charge in [-0.3, -0.25) is 4.79 Å². The van der Waals surface area contributed by atoms with Crippen LogP contribution in [0.25, 0.3) is 10.2 Å². The second-order valence-corrected chi connectivity index (χ2v) is 8.60. The van der Waals surface area contributed by atoms with Gasteiger partial charge in [0.1, 0.15) is 24.7 Å². The van der Waals surface area contributed by atoms with E-state index < -0.39 is 0 Å². The minimum Gasteiger partial charge on any atom is -0.497 e. The lowest BCUT2D eigenvalue weighted by Crippen LogP contribution is -3.15. The topological polar surface area (TPSA) is 56.1 Å². The number of piperazine rings is 1. The first-order valence-electron chi connectivity index (χ1n) is 10.4. The van der Waals surface area contributed by atoms with Gasteiger partial charge in [0.2, 0.25) is 5.91 Å². The van der Waals surface area contributed by atoms with Crippen molar-refractivity contribution in [2.75, 3.05) is 46.4 Å². The third kappa shape index (κ3) is 5.29. The van der Waals surface area contributed by atoms with Gasteiger partial charge in [-0.15, -0.1) is 11.3 Å². The van der Waals surface area contributed by atoms with Crippen LogP contribution in [0.15, 0.2) is 48.5 Å². The van der Waals surface area contributed by atoms with Gasteiger partial charge in [0.25, 0.3) is 0 Å². The molecular weight excluding hydrogens is 398 g/mol. The number of amides is 1. The summed E-state index contributed by atoms with van der Waals surface area (Å²) in [5.74, 6) is 1.93. The zero-order valence-corrected chi connectivity index (χ0v) is 18.1. The average Bonchev–Trinajstić information content (AvgIpc) is 3.21. The number of carbonyl (C=O) groups is 1. The van der Waals surface area contributed by atoms with Crippen LogP contribution in [0.4, 0.5) is 0 Å². The minimum absolute atomic E-state index is 0.239. The van der Waals surface area contributed by atoms with Crippen LogP contribution in [0.2, 0.25) is 0 Å². The SMILES string of the molecule is COc1ccc(OCC[NH+]2CCN(C(=O)CCc3nc4ccccc4s3)CC2)cc1. The Morgan fingerprint density at radius 3 is 2.57 bits per heavy atom. The minimum atomic E-state index is 0.239. The summed E-state index contributed by atoms with van der Waals surface area (Å²) in [5, 5.41) is 1.05. The molecule has 7 heteroatoms. The van der Waals surface area contributed by atoms with Crippen LogP contribution in [0, 0.1) is 0 Å². The van der Waals surface area contributed by atoms with Crippen molar-refractivity contribution in [1.29, 1.82) is 0 Å². The number of nitrogens with zero attached hydrogens (tertiary/aromatic N) is 2. The first kappa shape index (κ1) is 20.6. The first-order chi connectivity index (χ1) is 14.7. The number of ether oxygens (including phenoxy) is 2. The zero-order chi connectivity index (χ0) is 20.8. The molecule has 0 aliphatic carbocycles. The molecule has 0 bridgehead atoms. The Kier molecular flexibility index (Phi) is 6.81. The summed E-state index contributed by atoms with van der Waals surface area (Å²) in [6.45, 7) is 5.19. The lowest BCUT2D eigenvalue weighted by molar-refractivity contribution is -0.904. The van der Waals surface area contributed by atoms with Crippen LogP contribution in [0.1, 0.15) is 11.4 Å². The summed E-state index contributed by atoms with van der Waals surface area (Å²) >= 11 is 1.69. The molecule has 1 aliphatic rings. The highest BCUT2D eigenvalue weighted by Gasteiger charge is 2.23. The number of rotatable bonds is 8. The predicted octanol–water partition coefficient (Wildman–Crippen LogP) is 2.04. The van der Waals surface area contributed by atoms with Crippen molar-refractivity contribution in [3.8, 4) is 11.5 Å². The van der Waals surface area contributed by atoms with Crippen molar-refractivity contribution in [2.24, 2.45) is 0 Å². The van der Waals surface area contributed by atoms with E-state index in [0.717, 1.165) is 61.2 Å². The van der Waals surface area contributed by atoms with Gasteiger partial charge in [-0.25, -0.2) is 4.98 Å². The lowest BCUT2D eigenvalue weighted by atomic mass is 10.2. The molecule has 2 heterocycles. The maximum atomic E-state index is 12.6. The highest BCUT2D eigenvalue weighted by Crippen LogP contribution is 2.22. The molecule has 158 valence electrons. The molecule has 0 atom stereocenters. The van der Waals surface area contributed by atoms with Gasteiger partial charge in [-0.2, -0.15) is 0 Å². The molecule has 0 saturated carbocycles. The van der Waals surface area contributed by atoms with Crippen LogP contribution >= 0.6 is 11.3 Å². The molecule has 1 N–H and O–H groups in total. The largest absolute Gasteiger partial charge is 0.497 e. The number of methoxy groups -OCH3 is 1. The summed E-state index contributed by atoms with van der Waals surface area (Å²) in [6.07, 6.45) is 1.26. The molecule has 1 aliphatic heterocycles. The van der Waals surface area contributed by atoms with E-state index in [9.17, 15) is 4.79 Å². The normalized spacial score (nSPS) is 14.8. The number of nitrogens with one attached hydrogen (secondary N) is 1. The van der Waals surface area contributed by atoms with Crippen LogP contribution in [-0.4, -0.2) is 62.2 Å². The molecular formula is C23H28N3O3S+. The zero-order valence-electron chi connectivity index (χ0n) is 17.3. The number of aryl methyl sites for hydroxylation is 1. The van der Waals surface area contributed by atoms with Gasteiger partial charge in [-0.1, -0.05) is 12.1 Å². The van der Waals surface area contributed by atoms with Gasteiger partial charge in [-0.05, 0) is 36.4 Å². The Morgan fingerprint density at radius 2 is 1.83 bits per heavy atom. The van der Waals surface area contributed by atoms with Crippen molar-refractivity contribution in [2.45, 2.75) is 12.8 Å². The molecule has 0 spiro atoms. The Labute approximate surface area is 181 Å². The number of hydrogen-bond acceptors (Lipinski definition) is 5. The number of carbonyl (C=O) groups excluding carboxylic acids is 1. The number of quaternary nitrogens is 1. The fourth-order valence-electron chi connectivity index (χ4n) is 3.71. The number of aromatic nitrogens is 1. The van der Waals surface area contributed by atoms with Gasteiger partial charge in [0.15, 0.2) is 0 Å². The summed E-state index contributed by atoms with van der Waals surface area (Å²) < 4.78 is 12.2. The molecule has 2 aromatic carbocycles. The van der Waals surface area contributed by atoms with E-state index in [-0.39, 0.29) is 5.91 Å². The third-order valence-electron chi connectivity index (χ3n) is 5.50. The number of benzene rings is 2. The highest BCUT2D eigenvalue weighted by molar-refractivity contribution is 7.18. The number of hydrogen-bond donors (Lipinski definition) is 1. The van der Waals surface area contributed by atoms with E-state index in [1.54, 1.807) is 18.4 Å². The lowest BCUT2D eigenvalue weighted by Gasteiger charge is -2.32. The van der Waals surface area contributed by atoms with E-state index >= 15 is 0 Å². The van der Waals surface area contributed by atoms with Gasteiger partial charge < -0.3 is 19.3 Å². The molecule has 3 aromatic rings. The summed E-state index contributed by atoms with van der Waals surface area (Å²) in [6, 6.07) is 15.8. The molecule has 6 nitrogen and oxygen atoms in total. The fraction of sp³-hybridized carbons (Fsp3) is 0.391. The molecule has 30 heavy (non-hydrogen) atoms. The van der Waals surface area contributed by atoms with Crippen molar-refractivity contribution in [3.63, 3.8) is 0 Å². The number of fused-ring (bicyclic) bond motifs is 1.